The van der Waals surface area contributed by atoms with E-state index in [2.05, 4.69) is 6.92 Å². The summed E-state index contributed by atoms with van der Waals surface area (Å²) in [5, 5.41) is 10.4. The molecule has 2 atom stereocenters. The Balaban J connectivity index is 1.95. The highest BCUT2D eigenvalue weighted by atomic mass is 16.5. The molecular formula is C11H20O2. The van der Waals surface area contributed by atoms with Crippen LogP contribution >= 0.6 is 0 Å². The van der Waals surface area contributed by atoms with Crippen molar-refractivity contribution in [3.05, 3.63) is 0 Å². The van der Waals surface area contributed by atoms with Gasteiger partial charge >= 0.3 is 0 Å². The second-order valence-corrected chi connectivity index (χ2v) is 4.59. The molecule has 1 heterocycles. The van der Waals surface area contributed by atoms with Crippen LogP contribution in [0.4, 0.5) is 0 Å². The van der Waals surface area contributed by atoms with Crippen molar-refractivity contribution in [3.63, 3.8) is 0 Å². The smallest absolute Gasteiger partial charge is 0.0722 e. The topological polar surface area (TPSA) is 29.5 Å². The Morgan fingerprint density at radius 1 is 1.46 bits per heavy atom. The molecule has 0 radical (unpaired) electrons. The number of aliphatic hydroxyl groups is 1. The first-order chi connectivity index (χ1) is 6.24. The average Bonchev–Trinajstić information content (AvgIpc) is 2.00. The van der Waals surface area contributed by atoms with E-state index in [0.29, 0.717) is 12.0 Å². The Kier molecular flexibility index (Phi) is 2.61. The summed E-state index contributed by atoms with van der Waals surface area (Å²) in [6.07, 6.45) is 6.83. The Bertz CT molecular complexity index is 177. The van der Waals surface area contributed by atoms with E-state index in [-0.39, 0.29) is 5.60 Å². The minimum atomic E-state index is -0.378. The van der Waals surface area contributed by atoms with Crippen molar-refractivity contribution >= 4 is 0 Å². The molecular weight excluding hydrogens is 164 g/mol. The van der Waals surface area contributed by atoms with Gasteiger partial charge < -0.3 is 9.84 Å². The first-order valence-electron chi connectivity index (χ1n) is 5.58. The first-order valence-corrected chi connectivity index (χ1v) is 5.58. The third-order valence-corrected chi connectivity index (χ3v) is 3.79. The molecule has 1 aliphatic carbocycles. The number of hydrogen-bond donors (Lipinski definition) is 1. The second kappa shape index (κ2) is 3.58. The molecule has 76 valence electrons. The lowest BCUT2D eigenvalue weighted by molar-refractivity contribution is -0.146. The monoisotopic (exact) mass is 184 g/mol. The summed E-state index contributed by atoms with van der Waals surface area (Å²) >= 11 is 0. The molecule has 1 saturated heterocycles. The van der Waals surface area contributed by atoms with Crippen LogP contribution in [-0.2, 0) is 4.74 Å². The summed E-state index contributed by atoms with van der Waals surface area (Å²) in [5.74, 6) is 0.574. The molecule has 0 aromatic heterocycles. The van der Waals surface area contributed by atoms with E-state index in [1.54, 1.807) is 0 Å². The normalized spacial score (nSPS) is 41.5. The Hall–Kier alpha value is -0.0800. The van der Waals surface area contributed by atoms with Gasteiger partial charge in [0.1, 0.15) is 0 Å². The fourth-order valence-corrected chi connectivity index (χ4v) is 2.54. The molecule has 2 rings (SSSR count). The van der Waals surface area contributed by atoms with Crippen molar-refractivity contribution in [3.8, 4) is 0 Å². The van der Waals surface area contributed by atoms with Crippen molar-refractivity contribution in [2.24, 2.45) is 5.92 Å². The van der Waals surface area contributed by atoms with Gasteiger partial charge in [0.15, 0.2) is 0 Å². The number of rotatable bonds is 2. The lowest BCUT2D eigenvalue weighted by Gasteiger charge is -2.46. The molecule has 0 spiro atoms. The van der Waals surface area contributed by atoms with E-state index in [1.807, 2.05) is 0 Å². The second-order valence-electron chi connectivity index (χ2n) is 4.59. The van der Waals surface area contributed by atoms with Gasteiger partial charge in [-0.3, -0.25) is 0 Å². The van der Waals surface area contributed by atoms with Gasteiger partial charge in [-0.15, -0.1) is 0 Å². The molecule has 13 heavy (non-hydrogen) atoms. The Labute approximate surface area is 80.3 Å². The molecule has 0 aromatic rings. The molecule has 2 aliphatic rings. The lowest BCUT2D eigenvalue weighted by atomic mass is 9.68. The summed E-state index contributed by atoms with van der Waals surface area (Å²) in [6.45, 7) is 2.89. The van der Waals surface area contributed by atoms with Crippen LogP contribution in [0.2, 0.25) is 0 Å². The summed E-state index contributed by atoms with van der Waals surface area (Å²) < 4.78 is 5.58. The summed E-state index contributed by atoms with van der Waals surface area (Å²) in [5.41, 5.74) is -0.378. The van der Waals surface area contributed by atoms with E-state index >= 15 is 0 Å². The SMILES string of the molecule is CCC1CC(O)(C2CCC2)CCO1. The molecule has 0 aromatic carbocycles. The van der Waals surface area contributed by atoms with E-state index in [0.717, 1.165) is 25.9 Å². The van der Waals surface area contributed by atoms with Crippen LogP contribution in [0.25, 0.3) is 0 Å². The fourth-order valence-electron chi connectivity index (χ4n) is 2.54. The van der Waals surface area contributed by atoms with Crippen molar-refractivity contribution < 1.29 is 9.84 Å². The summed E-state index contributed by atoms with van der Waals surface area (Å²) in [4.78, 5) is 0. The van der Waals surface area contributed by atoms with E-state index in [1.165, 1.54) is 19.3 Å². The van der Waals surface area contributed by atoms with Gasteiger partial charge in [-0.1, -0.05) is 13.3 Å². The van der Waals surface area contributed by atoms with Crippen molar-refractivity contribution in [2.45, 2.75) is 57.2 Å². The van der Waals surface area contributed by atoms with Crippen LogP contribution in [-0.4, -0.2) is 23.4 Å². The molecule has 1 saturated carbocycles. The molecule has 2 fully saturated rings. The van der Waals surface area contributed by atoms with Crippen LogP contribution in [0.5, 0.6) is 0 Å². The van der Waals surface area contributed by atoms with Crippen LogP contribution in [0.15, 0.2) is 0 Å². The maximum atomic E-state index is 10.4. The Morgan fingerprint density at radius 2 is 2.23 bits per heavy atom. The highest BCUT2D eigenvalue weighted by molar-refractivity contribution is 4.94. The Morgan fingerprint density at radius 3 is 2.77 bits per heavy atom. The van der Waals surface area contributed by atoms with Crippen molar-refractivity contribution in [1.82, 2.24) is 0 Å². The van der Waals surface area contributed by atoms with Gasteiger partial charge in [0.2, 0.25) is 0 Å². The maximum Gasteiger partial charge on any atom is 0.0722 e. The average molecular weight is 184 g/mol. The number of hydrogen-bond acceptors (Lipinski definition) is 2. The van der Waals surface area contributed by atoms with E-state index in [4.69, 9.17) is 4.74 Å². The van der Waals surface area contributed by atoms with Crippen LogP contribution < -0.4 is 0 Å². The zero-order valence-corrected chi connectivity index (χ0v) is 8.46. The fraction of sp³-hybridized carbons (Fsp3) is 1.00. The van der Waals surface area contributed by atoms with Gasteiger partial charge in [-0.2, -0.15) is 0 Å². The predicted molar refractivity (Wildman–Crippen MR) is 51.6 cm³/mol. The molecule has 1 aliphatic heterocycles. The van der Waals surface area contributed by atoms with Gasteiger partial charge in [0, 0.05) is 13.0 Å². The highest BCUT2D eigenvalue weighted by Gasteiger charge is 2.43. The molecule has 0 bridgehead atoms. The standard InChI is InChI=1S/C11H20O2/c1-2-10-8-11(12,6-7-13-10)9-4-3-5-9/h9-10,12H,2-8H2,1H3. The maximum absolute atomic E-state index is 10.4. The van der Waals surface area contributed by atoms with Crippen molar-refractivity contribution in [2.75, 3.05) is 6.61 Å². The van der Waals surface area contributed by atoms with E-state index < -0.39 is 0 Å². The summed E-state index contributed by atoms with van der Waals surface area (Å²) in [7, 11) is 0. The van der Waals surface area contributed by atoms with Crippen LogP contribution in [0.1, 0.15) is 45.4 Å². The van der Waals surface area contributed by atoms with Gasteiger partial charge in [0.05, 0.1) is 11.7 Å². The van der Waals surface area contributed by atoms with Gasteiger partial charge in [-0.25, -0.2) is 0 Å². The minimum absolute atomic E-state index is 0.305. The van der Waals surface area contributed by atoms with Crippen LogP contribution in [0, 0.1) is 5.92 Å². The van der Waals surface area contributed by atoms with E-state index in [9.17, 15) is 5.11 Å². The third-order valence-electron chi connectivity index (χ3n) is 3.79. The molecule has 2 unspecified atom stereocenters. The zero-order chi connectivity index (χ0) is 9.31. The highest BCUT2D eigenvalue weighted by Crippen LogP contribution is 2.43. The largest absolute Gasteiger partial charge is 0.389 e. The quantitative estimate of drug-likeness (QED) is 0.712. The summed E-state index contributed by atoms with van der Waals surface area (Å²) in [6, 6.07) is 0. The van der Waals surface area contributed by atoms with Crippen molar-refractivity contribution in [1.29, 1.82) is 0 Å². The molecule has 2 nitrogen and oxygen atoms in total. The van der Waals surface area contributed by atoms with Crippen LogP contribution in [0.3, 0.4) is 0 Å². The minimum Gasteiger partial charge on any atom is -0.389 e. The molecule has 2 heteroatoms. The number of ether oxygens (including phenoxy) is 1. The molecule has 1 N–H and O–H groups in total. The van der Waals surface area contributed by atoms with Gasteiger partial charge in [0.25, 0.3) is 0 Å². The lowest BCUT2D eigenvalue weighted by Crippen LogP contribution is -2.48. The third kappa shape index (κ3) is 1.75. The predicted octanol–water partition coefficient (Wildman–Crippen LogP) is 2.11. The molecule has 0 amide bonds. The van der Waals surface area contributed by atoms with Gasteiger partial charge in [-0.05, 0) is 31.6 Å². The zero-order valence-electron chi connectivity index (χ0n) is 8.46. The first kappa shape index (κ1) is 9.47.